The maximum atomic E-state index is 6.16. The Kier molecular flexibility index (Phi) is 4.67. The number of halogens is 1. The first kappa shape index (κ1) is 14.9. The SMILES string of the molecule is CC(Sc1ccccc1Cl)c1nc(N)nc(N(C)C)n1. The van der Waals surface area contributed by atoms with E-state index in [-0.39, 0.29) is 11.2 Å². The summed E-state index contributed by atoms with van der Waals surface area (Å²) in [6.07, 6.45) is 0. The van der Waals surface area contributed by atoms with Gasteiger partial charge in [0.2, 0.25) is 11.9 Å². The Labute approximate surface area is 127 Å². The fourth-order valence-electron chi connectivity index (χ4n) is 1.56. The minimum absolute atomic E-state index is 0.0268. The summed E-state index contributed by atoms with van der Waals surface area (Å²) in [4.78, 5) is 15.5. The quantitative estimate of drug-likeness (QED) is 0.876. The molecule has 2 aromatic rings. The summed E-state index contributed by atoms with van der Waals surface area (Å²) in [5.41, 5.74) is 5.73. The van der Waals surface area contributed by atoms with Crippen LogP contribution in [0.3, 0.4) is 0 Å². The molecular weight excluding hydrogens is 294 g/mol. The van der Waals surface area contributed by atoms with Crippen LogP contribution in [-0.2, 0) is 0 Å². The lowest BCUT2D eigenvalue weighted by Gasteiger charge is -2.15. The van der Waals surface area contributed by atoms with E-state index >= 15 is 0 Å². The minimum Gasteiger partial charge on any atom is -0.368 e. The smallest absolute Gasteiger partial charge is 0.229 e. The molecule has 0 aliphatic carbocycles. The van der Waals surface area contributed by atoms with Crippen LogP contribution < -0.4 is 10.6 Å². The van der Waals surface area contributed by atoms with Crippen LogP contribution >= 0.6 is 23.4 Å². The number of anilines is 2. The van der Waals surface area contributed by atoms with Crippen LogP contribution in [0.4, 0.5) is 11.9 Å². The summed E-state index contributed by atoms with van der Waals surface area (Å²) in [7, 11) is 3.73. The van der Waals surface area contributed by atoms with Crippen LogP contribution in [0.1, 0.15) is 18.0 Å². The lowest BCUT2D eigenvalue weighted by molar-refractivity contribution is 0.865. The number of nitrogens with zero attached hydrogens (tertiary/aromatic N) is 4. The molecule has 1 unspecified atom stereocenters. The van der Waals surface area contributed by atoms with Crippen LogP contribution in [0, 0.1) is 0 Å². The lowest BCUT2D eigenvalue weighted by Crippen LogP contribution is -2.16. The van der Waals surface area contributed by atoms with Gasteiger partial charge in [0.05, 0.1) is 10.3 Å². The van der Waals surface area contributed by atoms with Gasteiger partial charge in [-0.05, 0) is 19.1 Å². The highest BCUT2D eigenvalue weighted by Crippen LogP contribution is 2.37. The molecule has 0 aliphatic heterocycles. The molecule has 1 heterocycles. The molecule has 5 nitrogen and oxygen atoms in total. The first-order valence-corrected chi connectivity index (χ1v) is 7.33. The number of benzene rings is 1. The Balaban J connectivity index is 2.25. The number of aromatic nitrogens is 3. The molecule has 1 aromatic heterocycles. The standard InChI is InChI=1S/C13H16ClN5S/c1-8(20-10-7-5-4-6-9(10)14)11-16-12(15)18-13(17-11)19(2)3/h4-8H,1-3H3,(H2,15,16,17,18). The number of hydrogen-bond acceptors (Lipinski definition) is 6. The average Bonchev–Trinajstić information content (AvgIpc) is 2.40. The van der Waals surface area contributed by atoms with Gasteiger partial charge < -0.3 is 10.6 Å². The van der Waals surface area contributed by atoms with Crippen molar-refractivity contribution in [1.29, 1.82) is 0 Å². The van der Waals surface area contributed by atoms with Gasteiger partial charge in [-0.25, -0.2) is 0 Å². The van der Waals surface area contributed by atoms with Crippen molar-refractivity contribution < 1.29 is 0 Å². The van der Waals surface area contributed by atoms with Gasteiger partial charge in [-0.3, -0.25) is 0 Å². The van der Waals surface area contributed by atoms with E-state index in [1.165, 1.54) is 0 Å². The van der Waals surface area contributed by atoms with E-state index in [0.717, 1.165) is 9.92 Å². The van der Waals surface area contributed by atoms with Gasteiger partial charge in [-0.15, -0.1) is 11.8 Å². The van der Waals surface area contributed by atoms with E-state index in [1.54, 1.807) is 16.7 Å². The molecule has 0 aliphatic rings. The van der Waals surface area contributed by atoms with Crippen molar-refractivity contribution in [3.8, 4) is 0 Å². The zero-order chi connectivity index (χ0) is 14.7. The zero-order valence-electron chi connectivity index (χ0n) is 11.5. The zero-order valence-corrected chi connectivity index (χ0v) is 13.1. The van der Waals surface area contributed by atoms with E-state index in [0.29, 0.717) is 11.8 Å². The summed E-state index contributed by atoms with van der Waals surface area (Å²) < 4.78 is 0. The highest BCUT2D eigenvalue weighted by Gasteiger charge is 2.15. The Morgan fingerprint density at radius 1 is 1.20 bits per heavy atom. The molecule has 0 bridgehead atoms. The largest absolute Gasteiger partial charge is 0.368 e. The second-order valence-electron chi connectivity index (χ2n) is 4.44. The van der Waals surface area contributed by atoms with E-state index in [2.05, 4.69) is 15.0 Å². The highest BCUT2D eigenvalue weighted by molar-refractivity contribution is 7.99. The first-order valence-electron chi connectivity index (χ1n) is 6.07. The van der Waals surface area contributed by atoms with Crippen molar-refractivity contribution in [2.45, 2.75) is 17.1 Å². The van der Waals surface area contributed by atoms with Crippen LogP contribution in [0.25, 0.3) is 0 Å². The van der Waals surface area contributed by atoms with E-state index in [1.807, 2.05) is 45.3 Å². The molecule has 1 atom stereocenters. The number of hydrogen-bond donors (Lipinski definition) is 1. The molecule has 20 heavy (non-hydrogen) atoms. The topological polar surface area (TPSA) is 67.9 Å². The molecule has 0 saturated heterocycles. The van der Waals surface area contributed by atoms with Crippen molar-refractivity contribution in [2.75, 3.05) is 24.7 Å². The fourth-order valence-corrected chi connectivity index (χ4v) is 2.76. The summed E-state index contributed by atoms with van der Waals surface area (Å²) in [5, 5.41) is 0.748. The molecule has 0 spiro atoms. The molecule has 2 N–H and O–H groups in total. The van der Waals surface area contributed by atoms with Gasteiger partial charge in [0.15, 0.2) is 0 Å². The second kappa shape index (κ2) is 6.28. The predicted octanol–water partition coefficient (Wildman–Crippen LogP) is 3.03. The molecule has 7 heteroatoms. The van der Waals surface area contributed by atoms with Crippen molar-refractivity contribution in [2.24, 2.45) is 0 Å². The summed E-state index contributed by atoms with van der Waals surface area (Å²) in [6, 6.07) is 7.70. The van der Waals surface area contributed by atoms with Crippen molar-refractivity contribution >= 4 is 35.3 Å². The monoisotopic (exact) mass is 309 g/mol. The maximum absolute atomic E-state index is 6.16. The fraction of sp³-hybridized carbons (Fsp3) is 0.308. The maximum Gasteiger partial charge on any atom is 0.229 e. The van der Waals surface area contributed by atoms with Gasteiger partial charge in [-0.2, -0.15) is 15.0 Å². The molecule has 106 valence electrons. The molecule has 0 saturated carbocycles. The normalized spacial score (nSPS) is 12.2. The molecule has 0 radical (unpaired) electrons. The third-order valence-electron chi connectivity index (χ3n) is 2.56. The number of nitrogens with two attached hydrogens (primary N) is 1. The predicted molar refractivity (Wildman–Crippen MR) is 84.3 cm³/mol. The lowest BCUT2D eigenvalue weighted by atomic mass is 10.4. The van der Waals surface area contributed by atoms with Crippen molar-refractivity contribution in [1.82, 2.24) is 15.0 Å². The molecule has 0 amide bonds. The number of thioether (sulfide) groups is 1. The van der Waals surface area contributed by atoms with E-state index < -0.39 is 0 Å². The first-order chi connectivity index (χ1) is 9.47. The number of rotatable bonds is 4. The summed E-state index contributed by atoms with van der Waals surface area (Å²) in [6.45, 7) is 2.02. The van der Waals surface area contributed by atoms with E-state index in [4.69, 9.17) is 17.3 Å². The van der Waals surface area contributed by atoms with Crippen molar-refractivity contribution in [3.05, 3.63) is 35.1 Å². The van der Waals surface area contributed by atoms with Gasteiger partial charge in [0, 0.05) is 19.0 Å². The summed E-state index contributed by atoms with van der Waals surface area (Å²) >= 11 is 7.76. The van der Waals surface area contributed by atoms with Crippen molar-refractivity contribution in [3.63, 3.8) is 0 Å². The van der Waals surface area contributed by atoms with Gasteiger partial charge in [0.25, 0.3) is 0 Å². The van der Waals surface area contributed by atoms with Crippen LogP contribution in [0.5, 0.6) is 0 Å². The third kappa shape index (κ3) is 3.52. The van der Waals surface area contributed by atoms with Gasteiger partial charge >= 0.3 is 0 Å². The Morgan fingerprint density at radius 3 is 2.55 bits per heavy atom. The van der Waals surface area contributed by atoms with E-state index in [9.17, 15) is 0 Å². The Morgan fingerprint density at radius 2 is 1.90 bits per heavy atom. The van der Waals surface area contributed by atoms with Gasteiger partial charge in [-0.1, -0.05) is 23.7 Å². The minimum atomic E-state index is 0.0268. The highest BCUT2D eigenvalue weighted by atomic mass is 35.5. The summed E-state index contributed by atoms with van der Waals surface area (Å²) in [5.74, 6) is 1.43. The molecule has 2 rings (SSSR count). The second-order valence-corrected chi connectivity index (χ2v) is 6.23. The Bertz CT molecular complexity index is 605. The third-order valence-corrected chi connectivity index (χ3v) is 4.18. The van der Waals surface area contributed by atoms with Crippen LogP contribution in [0.15, 0.2) is 29.2 Å². The van der Waals surface area contributed by atoms with Crippen LogP contribution in [-0.4, -0.2) is 29.0 Å². The molecule has 1 aromatic carbocycles. The Hall–Kier alpha value is -1.53. The molecular formula is C13H16ClN5S. The number of nitrogen functional groups attached to an aromatic ring is 1. The van der Waals surface area contributed by atoms with Crippen LogP contribution in [0.2, 0.25) is 5.02 Å². The van der Waals surface area contributed by atoms with Gasteiger partial charge in [0.1, 0.15) is 5.82 Å². The average molecular weight is 310 g/mol. The molecule has 0 fully saturated rings.